The minimum Gasteiger partial charge on any atom is -0.346 e. The Morgan fingerprint density at radius 2 is 1.86 bits per heavy atom. The van der Waals surface area contributed by atoms with Crippen LogP contribution in [0.4, 0.5) is 4.39 Å². The van der Waals surface area contributed by atoms with E-state index in [0.29, 0.717) is 23.2 Å². The largest absolute Gasteiger partial charge is 0.346 e. The van der Waals surface area contributed by atoms with Gasteiger partial charge in [-0.1, -0.05) is 15.9 Å². The molecule has 2 rings (SSSR count). The predicted molar refractivity (Wildman–Crippen MR) is 56.4 cm³/mol. The van der Waals surface area contributed by atoms with Gasteiger partial charge in [-0.25, -0.2) is 4.39 Å². The lowest BCUT2D eigenvalue weighted by Crippen LogP contribution is -2.02. The van der Waals surface area contributed by atoms with Crippen LogP contribution in [0.5, 0.6) is 0 Å². The first-order chi connectivity index (χ1) is 6.68. The third-order valence-electron chi connectivity index (χ3n) is 1.90. The molecule has 2 nitrogen and oxygen atoms in total. The van der Waals surface area contributed by atoms with E-state index in [-0.39, 0.29) is 5.82 Å². The van der Waals surface area contributed by atoms with E-state index in [9.17, 15) is 4.39 Å². The summed E-state index contributed by atoms with van der Waals surface area (Å²) in [5.41, 5.74) is 0.420. The predicted octanol–water partition coefficient (Wildman–Crippen LogP) is 3.40. The van der Waals surface area contributed by atoms with Gasteiger partial charge in [0.15, 0.2) is 6.29 Å². The van der Waals surface area contributed by atoms with Crippen molar-refractivity contribution in [3.05, 3.63) is 32.5 Å². The van der Waals surface area contributed by atoms with Gasteiger partial charge >= 0.3 is 0 Å². The zero-order valence-electron chi connectivity index (χ0n) is 7.10. The van der Waals surface area contributed by atoms with Gasteiger partial charge in [-0.15, -0.1) is 0 Å². The minimum absolute atomic E-state index is 0.333. The first-order valence-corrected chi connectivity index (χ1v) is 5.65. The molecular weight excluding hydrogens is 319 g/mol. The maximum Gasteiger partial charge on any atom is 0.186 e. The number of benzene rings is 1. The van der Waals surface area contributed by atoms with Crippen LogP contribution in [-0.2, 0) is 9.47 Å². The standard InChI is InChI=1S/C9H7Br2FO2/c10-5-3-6(8(12)7(11)4-5)9-13-1-2-14-9/h3-4,9H,1-2H2. The van der Waals surface area contributed by atoms with E-state index in [2.05, 4.69) is 31.9 Å². The van der Waals surface area contributed by atoms with Gasteiger partial charge in [0.1, 0.15) is 5.82 Å². The van der Waals surface area contributed by atoms with Crippen molar-refractivity contribution in [1.29, 1.82) is 0 Å². The number of rotatable bonds is 1. The average molecular weight is 326 g/mol. The van der Waals surface area contributed by atoms with Gasteiger partial charge in [-0.3, -0.25) is 0 Å². The molecule has 0 saturated carbocycles. The molecule has 0 unspecified atom stereocenters. The van der Waals surface area contributed by atoms with Gasteiger partial charge in [-0.2, -0.15) is 0 Å². The highest BCUT2D eigenvalue weighted by atomic mass is 79.9. The molecule has 0 aliphatic carbocycles. The second-order valence-electron chi connectivity index (χ2n) is 2.86. The Balaban J connectivity index is 2.40. The third kappa shape index (κ3) is 2.00. The van der Waals surface area contributed by atoms with Crippen molar-refractivity contribution in [3.63, 3.8) is 0 Å². The molecule has 5 heteroatoms. The molecule has 14 heavy (non-hydrogen) atoms. The lowest BCUT2D eigenvalue weighted by atomic mass is 10.2. The summed E-state index contributed by atoms with van der Waals surface area (Å²) in [6.07, 6.45) is -0.580. The van der Waals surface area contributed by atoms with Gasteiger partial charge in [-0.05, 0) is 28.1 Å². The Hall–Kier alpha value is 0.0300. The Morgan fingerprint density at radius 3 is 2.50 bits per heavy atom. The van der Waals surface area contributed by atoms with E-state index in [1.165, 1.54) is 0 Å². The second-order valence-corrected chi connectivity index (χ2v) is 4.63. The third-order valence-corrected chi connectivity index (χ3v) is 2.93. The van der Waals surface area contributed by atoms with Crippen molar-refractivity contribution in [2.24, 2.45) is 0 Å². The van der Waals surface area contributed by atoms with Crippen molar-refractivity contribution in [1.82, 2.24) is 0 Å². The summed E-state index contributed by atoms with van der Waals surface area (Å²) in [5, 5.41) is 0. The molecule has 1 aromatic rings. The van der Waals surface area contributed by atoms with Gasteiger partial charge in [0.2, 0.25) is 0 Å². The Labute approximate surface area is 97.6 Å². The Morgan fingerprint density at radius 1 is 1.21 bits per heavy atom. The van der Waals surface area contributed by atoms with Crippen LogP contribution in [0.2, 0.25) is 0 Å². The second kappa shape index (κ2) is 4.26. The Bertz CT molecular complexity index is 351. The molecule has 0 radical (unpaired) electrons. The Kier molecular flexibility index (Phi) is 3.21. The van der Waals surface area contributed by atoms with Gasteiger partial charge in [0, 0.05) is 10.0 Å². The van der Waals surface area contributed by atoms with Crippen LogP contribution in [0, 0.1) is 5.82 Å². The van der Waals surface area contributed by atoms with Crippen molar-refractivity contribution >= 4 is 31.9 Å². The summed E-state index contributed by atoms with van der Waals surface area (Å²) in [5.74, 6) is -0.333. The SMILES string of the molecule is Fc1c(Br)cc(Br)cc1C1OCCO1. The van der Waals surface area contributed by atoms with E-state index in [1.54, 1.807) is 12.1 Å². The van der Waals surface area contributed by atoms with E-state index in [0.717, 1.165) is 4.47 Å². The van der Waals surface area contributed by atoms with E-state index in [1.807, 2.05) is 0 Å². The van der Waals surface area contributed by atoms with E-state index < -0.39 is 6.29 Å². The fourth-order valence-electron chi connectivity index (χ4n) is 1.29. The van der Waals surface area contributed by atoms with Gasteiger partial charge < -0.3 is 9.47 Å². The average Bonchev–Trinajstić information content (AvgIpc) is 2.63. The molecule has 0 aromatic heterocycles. The van der Waals surface area contributed by atoms with Crippen LogP contribution in [-0.4, -0.2) is 13.2 Å². The first kappa shape index (κ1) is 10.5. The van der Waals surface area contributed by atoms with Crippen molar-refractivity contribution in [2.75, 3.05) is 13.2 Å². The van der Waals surface area contributed by atoms with Crippen LogP contribution in [0.1, 0.15) is 11.9 Å². The minimum atomic E-state index is -0.580. The summed E-state index contributed by atoms with van der Waals surface area (Å²) in [6, 6.07) is 3.31. The molecule has 0 bridgehead atoms. The normalized spacial score (nSPS) is 17.6. The maximum atomic E-state index is 13.6. The van der Waals surface area contributed by atoms with Crippen LogP contribution in [0.25, 0.3) is 0 Å². The van der Waals surface area contributed by atoms with Gasteiger partial charge in [0.05, 0.1) is 17.7 Å². The fourth-order valence-corrected chi connectivity index (χ4v) is 2.54. The smallest absolute Gasteiger partial charge is 0.186 e. The number of ether oxygens (including phenoxy) is 2. The van der Waals surface area contributed by atoms with Crippen LogP contribution < -0.4 is 0 Å². The number of hydrogen-bond acceptors (Lipinski definition) is 2. The summed E-state index contributed by atoms with van der Waals surface area (Å²) in [4.78, 5) is 0. The topological polar surface area (TPSA) is 18.5 Å². The molecule has 76 valence electrons. The quantitative estimate of drug-likeness (QED) is 0.737. The number of hydrogen-bond donors (Lipinski definition) is 0. The summed E-state index contributed by atoms with van der Waals surface area (Å²) >= 11 is 6.41. The summed E-state index contributed by atoms with van der Waals surface area (Å²) < 4.78 is 25.3. The monoisotopic (exact) mass is 324 g/mol. The van der Waals surface area contributed by atoms with Crippen LogP contribution in [0.15, 0.2) is 21.1 Å². The molecule has 0 spiro atoms. The molecule has 1 aliphatic rings. The molecule has 1 heterocycles. The van der Waals surface area contributed by atoms with Gasteiger partial charge in [0.25, 0.3) is 0 Å². The summed E-state index contributed by atoms with van der Waals surface area (Å²) in [7, 11) is 0. The lowest BCUT2D eigenvalue weighted by molar-refractivity contribution is -0.0465. The molecule has 1 fully saturated rings. The van der Waals surface area contributed by atoms with Crippen molar-refractivity contribution in [2.45, 2.75) is 6.29 Å². The fraction of sp³-hybridized carbons (Fsp3) is 0.333. The molecule has 0 amide bonds. The molecular formula is C9H7Br2FO2. The zero-order valence-corrected chi connectivity index (χ0v) is 10.3. The molecule has 0 N–H and O–H groups in total. The highest BCUT2D eigenvalue weighted by Gasteiger charge is 2.23. The summed E-state index contributed by atoms with van der Waals surface area (Å²) in [6.45, 7) is 1.02. The molecule has 1 aromatic carbocycles. The highest BCUT2D eigenvalue weighted by molar-refractivity contribution is 9.11. The van der Waals surface area contributed by atoms with Crippen LogP contribution >= 0.6 is 31.9 Å². The molecule has 1 saturated heterocycles. The molecule has 0 atom stereocenters. The van der Waals surface area contributed by atoms with E-state index >= 15 is 0 Å². The number of halogens is 3. The molecule has 1 aliphatic heterocycles. The first-order valence-electron chi connectivity index (χ1n) is 4.06. The van der Waals surface area contributed by atoms with Crippen LogP contribution in [0.3, 0.4) is 0 Å². The zero-order chi connectivity index (χ0) is 10.1. The van der Waals surface area contributed by atoms with E-state index in [4.69, 9.17) is 9.47 Å². The maximum absolute atomic E-state index is 13.6. The van der Waals surface area contributed by atoms with Crippen molar-refractivity contribution in [3.8, 4) is 0 Å². The van der Waals surface area contributed by atoms with Crippen molar-refractivity contribution < 1.29 is 13.9 Å². The highest BCUT2D eigenvalue weighted by Crippen LogP contribution is 2.32. The lowest BCUT2D eigenvalue weighted by Gasteiger charge is -2.11.